The first-order chi connectivity index (χ1) is 10.0. The van der Waals surface area contributed by atoms with E-state index in [0.29, 0.717) is 0 Å². The molecule has 1 atom stereocenters. The van der Waals surface area contributed by atoms with Crippen LogP contribution in [0, 0.1) is 13.8 Å². The fourth-order valence-electron chi connectivity index (χ4n) is 2.53. The second-order valence-electron chi connectivity index (χ2n) is 5.53. The zero-order valence-electron chi connectivity index (χ0n) is 13.2. The van der Waals surface area contributed by atoms with Gasteiger partial charge < -0.3 is 5.32 Å². The highest BCUT2D eigenvalue weighted by Gasteiger charge is 2.20. The van der Waals surface area contributed by atoms with Crippen molar-refractivity contribution in [3.8, 4) is 0 Å². The molecule has 0 bridgehead atoms. The monoisotopic (exact) mass is 350 g/mol. The largest absolute Gasteiger partial charge is 0.308 e. The van der Waals surface area contributed by atoms with Gasteiger partial charge in [-0.3, -0.25) is 0 Å². The van der Waals surface area contributed by atoms with Crippen molar-refractivity contribution in [3.63, 3.8) is 0 Å². The Kier molecular flexibility index (Phi) is 5.53. The number of aryl methyl sites for hydroxylation is 3. The van der Waals surface area contributed by atoms with E-state index in [9.17, 15) is 0 Å². The van der Waals surface area contributed by atoms with E-state index in [2.05, 4.69) is 70.5 Å². The molecule has 0 aliphatic carbocycles. The van der Waals surface area contributed by atoms with Crippen LogP contribution in [-0.4, -0.2) is 21.5 Å². The number of nitrogens with zero attached hydrogens (tertiary/aromatic N) is 3. The quantitative estimate of drug-likeness (QED) is 0.867. The Hall–Kier alpha value is -1.20. The third-order valence-corrected chi connectivity index (χ3v) is 4.29. The summed E-state index contributed by atoms with van der Waals surface area (Å²) in [6, 6.07) is 6.83. The van der Waals surface area contributed by atoms with Crippen LogP contribution in [0.3, 0.4) is 0 Å². The van der Waals surface area contributed by atoms with Crippen LogP contribution >= 0.6 is 15.9 Å². The summed E-state index contributed by atoms with van der Waals surface area (Å²) < 4.78 is 2.67. The predicted molar refractivity (Wildman–Crippen MR) is 89.4 cm³/mol. The molecule has 1 heterocycles. The molecule has 1 aromatic carbocycles. The number of hydrogen-bond acceptors (Lipinski definition) is 3. The van der Waals surface area contributed by atoms with Crippen LogP contribution in [-0.2, 0) is 13.5 Å². The van der Waals surface area contributed by atoms with Gasteiger partial charge in [-0.05, 0) is 60.3 Å². The van der Waals surface area contributed by atoms with Crippen LogP contribution in [0.25, 0.3) is 0 Å². The molecule has 4 nitrogen and oxygen atoms in total. The minimum Gasteiger partial charge on any atom is -0.308 e. The number of rotatable bonds is 6. The summed E-state index contributed by atoms with van der Waals surface area (Å²) in [5.74, 6) is 0. The summed E-state index contributed by atoms with van der Waals surface area (Å²) in [4.78, 5) is 0. The molecule has 2 aromatic rings. The van der Waals surface area contributed by atoms with Crippen LogP contribution in [0.5, 0.6) is 0 Å². The Labute approximate surface area is 135 Å². The first kappa shape index (κ1) is 16.2. The standard InChI is InChI=1S/C16H23BrN4/c1-5-8-18-14(15-16(17)19-20-21(15)4)10-13-9-11(2)6-7-12(13)3/h6-7,9,14,18H,5,8,10H2,1-4H3. The molecule has 0 saturated heterocycles. The Balaban J connectivity index is 2.30. The summed E-state index contributed by atoms with van der Waals surface area (Å²) in [5.41, 5.74) is 5.10. The molecule has 0 amide bonds. The molecule has 0 radical (unpaired) electrons. The van der Waals surface area contributed by atoms with Gasteiger partial charge in [-0.15, -0.1) is 5.10 Å². The van der Waals surface area contributed by atoms with Crippen LogP contribution in [0.1, 0.15) is 41.8 Å². The van der Waals surface area contributed by atoms with E-state index in [1.807, 2.05) is 11.7 Å². The Morgan fingerprint density at radius 2 is 2.10 bits per heavy atom. The van der Waals surface area contributed by atoms with Crippen molar-refractivity contribution in [2.75, 3.05) is 6.54 Å². The maximum atomic E-state index is 4.12. The van der Waals surface area contributed by atoms with Crippen molar-refractivity contribution < 1.29 is 0 Å². The van der Waals surface area contributed by atoms with E-state index < -0.39 is 0 Å². The maximum absolute atomic E-state index is 4.12. The highest BCUT2D eigenvalue weighted by molar-refractivity contribution is 9.10. The van der Waals surface area contributed by atoms with Crippen LogP contribution in [0.15, 0.2) is 22.8 Å². The molecule has 0 saturated carbocycles. The number of benzene rings is 1. The van der Waals surface area contributed by atoms with E-state index in [4.69, 9.17) is 0 Å². The van der Waals surface area contributed by atoms with Gasteiger partial charge in [-0.1, -0.05) is 35.9 Å². The van der Waals surface area contributed by atoms with Crippen molar-refractivity contribution in [1.82, 2.24) is 20.3 Å². The van der Waals surface area contributed by atoms with Crippen molar-refractivity contribution in [3.05, 3.63) is 45.2 Å². The molecule has 114 valence electrons. The molecule has 0 spiro atoms. The first-order valence-electron chi connectivity index (χ1n) is 7.37. The zero-order chi connectivity index (χ0) is 15.4. The lowest BCUT2D eigenvalue weighted by atomic mass is 9.97. The molecule has 5 heteroatoms. The SMILES string of the molecule is CCCNC(Cc1cc(C)ccc1C)c1c(Br)nnn1C. The molecule has 2 rings (SSSR count). The average Bonchev–Trinajstić information content (AvgIpc) is 2.78. The van der Waals surface area contributed by atoms with Crippen LogP contribution in [0.4, 0.5) is 0 Å². The highest BCUT2D eigenvalue weighted by Crippen LogP contribution is 2.25. The molecule has 1 N–H and O–H groups in total. The van der Waals surface area contributed by atoms with E-state index >= 15 is 0 Å². The smallest absolute Gasteiger partial charge is 0.153 e. The minimum atomic E-state index is 0.208. The third-order valence-electron chi connectivity index (χ3n) is 3.73. The van der Waals surface area contributed by atoms with Gasteiger partial charge in [0.2, 0.25) is 0 Å². The lowest BCUT2D eigenvalue weighted by Gasteiger charge is -2.20. The molecule has 1 aromatic heterocycles. The second-order valence-corrected chi connectivity index (χ2v) is 6.28. The fourth-order valence-corrected chi connectivity index (χ4v) is 3.14. The summed E-state index contributed by atoms with van der Waals surface area (Å²) in [6.45, 7) is 7.47. The minimum absolute atomic E-state index is 0.208. The average molecular weight is 351 g/mol. The van der Waals surface area contributed by atoms with Gasteiger partial charge in [-0.2, -0.15) is 0 Å². The normalized spacial score (nSPS) is 12.6. The van der Waals surface area contributed by atoms with Crippen LogP contribution in [0.2, 0.25) is 0 Å². The van der Waals surface area contributed by atoms with Crippen LogP contribution < -0.4 is 5.32 Å². The van der Waals surface area contributed by atoms with E-state index in [1.54, 1.807) is 0 Å². The van der Waals surface area contributed by atoms with E-state index in [0.717, 1.165) is 29.7 Å². The van der Waals surface area contributed by atoms with Gasteiger partial charge in [0.15, 0.2) is 4.60 Å². The van der Waals surface area contributed by atoms with Crippen molar-refractivity contribution in [2.45, 2.75) is 39.7 Å². The Bertz CT molecular complexity index is 587. The summed E-state index contributed by atoms with van der Waals surface area (Å²) in [6.07, 6.45) is 2.04. The zero-order valence-corrected chi connectivity index (χ0v) is 14.7. The molecular formula is C16H23BrN4. The maximum Gasteiger partial charge on any atom is 0.153 e. The second kappa shape index (κ2) is 7.18. The Morgan fingerprint density at radius 1 is 1.33 bits per heavy atom. The molecule has 0 aliphatic rings. The Morgan fingerprint density at radius 3 is 2.71 bits per heavy atom. The number of aromatic nitrogens is 3. The number of nitrogens with one attached hydrogen (secondary N) is 1. The van der Waals surface area contributed by atoms with E-state index in [-0.39, 0.29) is 6.04 Å². The molecule has 0 fully saturated rings. The fraction of sp³-hybridized carbons (Fsp3) is 0.500. The van der Waals surface area contributed by atoms with Gasteiger partial charge in [0.1, 0.15) is 0 Å². The number of halogens is 1. The third kappa shape index (κ3) is 3.92. The summed E-state index contributed by atoms with van der Waals surface area (Å²) in [7, 11) is 1.94. The van der Waals surface area contributed by atoms with Gasteiger partial charge >= 0.3 is 0 Å². The lowest BCUT2D eigenvalue weighted by molar-refractivity contribution is 0.490. The number of hydrogen-bond donors (Lipinski definition) is 1. The summed E-state index contributed by atoms with van der Waals surface area (Å²) in [5, 5.41) is 11.8. The van der Waals surface area contributed by atoms with Gasteiger partial charge in [0.05, 0.1) is 11.7 Å². The van der Waals surface area contributed by atoms with Crippen molar-refractivity contribution >= 4 is 15.9 Å². The lowest BCUT2D eigenvalue weighted by Crippen LogP contribution is -2.26. The van der Waals surface area contributed by atoms with Gasteiger partial charge in [-0.25, -0.2) is 4.68 Å². The molecule has 21 heavy (non-hydrogen) atoms. The molecule has 0 aliphatic heterocycles. The van der Waals surface area contributed by atoms with Gasteiger partial charge in [0, 0.05) is 7.05 Å². The van der Waals surface area contributed by atoms with Gasteiger partial charge in [0.25, 0.3) is 0 Å². The topological polar surface area (TPSA) is 42.7 Å². The molecule has 1 unspecified atom stereocenters. The van der Waals surface area contributed by atoms with Crippen molar-refractivity contribution in [2.24, 2.45) is 7.05 Å². The summed E-state index contributed by atoms with van der Waals surface area (Å²) >= 11 is 3.52. The van der Waals surface area contributed by atoms with Crippen molar-refractivity contribution in [1.29, 1.82) is 0 Å². The predicted octanol–water partition coefficient (Wildman–Crippen LogP) is 3.48. The first-order valence-corrected chi connectivity index (χ1v) is 8.16. The highest BCUT2D eigenvalue weighted by atomic mass is 79.9. The van der Waals surface area contributed by atoms with E-state index in [1.165, 1.54) is 16.7 Å². The molecular weight excluding hydrogens is 328 g/mol.